The Bertz CT molecular complexity index is 616. The van der Waals surface area contributed by atoms with Crippen LogP contribution in [0.25, 0.3) is 0 Å². The Hall–Kier alpha value is -1.95. The van der Waals surface area contributed by atoms with E-state index in [2.05, 4.69) is 60.4 Å². The van der Waals surface area contributed by atoms with Gasteiger partial charge in [0, 0.05) is 38.9 Å². The third-order valence-electron chi connectivity index (χ3n) is 4.88. The number of pyridine rings is 1. The second-order valence-corrected chi connectivity index (χ2v) is 10.6. The summed E-state index contributed by atoms with van der Waals surface area (Å²) in [6, 6.07) is 5.77. The van der Waals surface area contributed by atoms with Crippen LogP contribution in [0.3, 0.4) is 0 Å². The van der Waals surface area contributed by atoms with E-state index in [0.717, 1.165) is 31.9 Å². The predicted molar refractivity (Wildman–Crippen MR) is 132 cm³/mol. The predicted octanol–water partition coefficient (Wildman–Crippen LogP) is 4.16. The van der Waals surface area contributed by atoms with Gasteiger partial charge in [-0.25, -0.2) is 0 Å². The van der Waals surface area contributed by atoms with Crippen molar-refractivity contribution in [3.05, 3.63) is 30.1 Å². The molecule has 0 N–H and O–H groups in total. The fourth-order valence-electron chi connectivity index (χ4n) is 3.79. The van der Waals surface area contributed by atoms with Crippen LogP contribution in [-0.4, -0.2) is 70.8 Å². The van der Waals surface area contributed by atoms with Crippen LogP contribution in [0.5, 0.6) is 0 Å². The number of amides is 2. The van der Waals surface area contributed by atoms with Crippen LogP contribution in [0.1, 0.15) is 61.1 Å². The van der Waals surface area contributed by atoms with Crippen LogP contribution in [0.2, 0.25) is 0 Å². The summed E-state index contributed by atoms with van der Waals surface area (Å²) in [5.41, 5.74) is 0.867. The maximum atomic E-state index is 13.3. The van der Waals surface area contributed by atoms with Gasteiger partial charge in [0.2, 0.25) is 11.8 Å². The Kier molecular flexibility index (Phi) is 12.5. The monoisotopic (exact) mass is 446 g/mol. The van der Waals surface area contributed by atoms with Crippen LogP contribution in [-0.2, 0) is 16.1 Å². The molecule has 0 bridgehead atoms. The van der Waals surface area contributed by atoms with Crippen molar-refractivity contribution in [3.63, 3.8) is 0 Å². The molecule has 0 saturated carbocycles. The summed E-state index contributed by atoms with van der Waals surface area (Å²) in [7, 11) is 0. The first-order valence-corrected chi connectivity index (χ1v) is 12.2. The summed E-state index contributed by atoms with van der Waals surface area (Å²) in [6.45, 7) is 20.9. The molecule has 0 aromatic carbocycles. The van der Waals surface area contributed by atoms with Gasteiger partial charge < -0.3 is 9.80 Å². The summed E-state index contributed by atoms with van der Waals surface area (Å²) in [5.74, 6) is 1.75. The molecule has 6 nitrogen and oxygen atoms in total. The van der Waals surface area contributed by atoms with E-state index in [0.29, 0.717) is 30.2 Å². The quantitative estimate of drug-likeness (QED) is 0.430. The third kappa shape index (κ3) is 11.6. The molecule has 0 aliphatic carbocycles. The topological polar surface area (TPSA) is 56.8 Å². The van der Waals surface area contributed by atoms with Crippen LogP contribution in [0.4, 0.5) is 0 Å². The maximum absolute atomic E-state index is 13.3. The van der Waals surface area contributed by atoms with E-state index >= 15 is 0 Å². The fourth-order valence-corrected chi connectivity index (χ4v) is 3.79. The fraction of sp³-hybridized carbons (Fsp3) is 0.731. The van der Waals surface area contributed by atoms with Gasteiger partial charge in [-0.05, 0) is 35.8 Å². The summed E-state index contributed by atoms with van der Waals surface area (Å²) in [6.07, 6.45) is 1.75. The molecule has 0 radical (unpaired) electrons. The molecule has 0 aliphatic rings. The summed E-state index contributed by atoms with van der Waals surface area (Å²) < 4.78 is 0. The second-order valence-electron chi connectivity index (χ2n) is 10.6. The molecule has 32 heavy (non-hydrogen) atoms. The minimum Gasteiger partial charge on any atom is -0.341 e. The summed E-state index contributed by atoms with van der Waals surface area (Å²) in [5, 5.41) is 0. The number of rotatable bonds is 14. The highest BCUT2D eigenvalue weighted by molar-refractivity contribution is 5.81. The average Bonchev–Trinajstić information content (AvgIpc) is 2.66. The molecule has 0 spiro atoms. The van der Waals surface area contributed by atoms with Crippen LogP contribution in [0.15, 0.2) is 24.4 Å². The third-order valence-corrected chi connectivity index (χ3v) is 4.88. The van der Waals surface area contributed by atoms with Gasteiger partial charge in [0.25, 0.3) is 0 Å². The highest BCUT2D eigenvalue weighted by Crippen LogP contribution is 2.10. The van der Waals surface area contributed by atoms with Crippen molar-refractivity contribution in [1.82, 2.24) is 19.7 Å². The van der Waals surface area contributed by atoms with Crippen molar-refractivity contribution in [2.24, 2.45) is 23.7 Å². The van der Waals surface area contributed by atoms with E-state index < -0.39 is 0 Å². The number of carbonyl (C=O) groups excluding carboxylic acids is 2. The zero-order valence-electron chi connectivity index (χ0n) is 21.7. The van der Waals surface area contributed by atoms with Gasteiger partial charge in [-0.15, -0.1) is 0 Å². The lowest BCUT2D eigenvalue weighted by Crippen LogP contribution is -2.47. The van der Waals surface area contributed by atoms with E-state index in [1.165, 1.54) is 0 Å². The SMILES string of the molecule is CC(C)CN(CC(C)C)C(=O)CN(CC(=O)N(CC(C)C)CC(C)C)Cc1ccccn1. The first kappa shape index (κ1) is 28.1. The maximum Gasteiger partial charge on any atom is 0.236 e. The molecule has 1 aromatic heterocycles. The number of hydrogen-bond donors (Lipinski definition) is 0. The van der Waals surface area contributed by atoms with Gasteiger partial charge in [0.05, 0.1) is 18.8 Å². The Balaban J connectivity index is 3.02. The highest BCUT2D eigenvalue weighted by Gasteiger charge is 2.24. The Morgan fingerprint density at radius 2 is 1.12 bits per heavy atom. The average molecular weight is 447 g/mol. The molecule has 2 amide bonds. The smallest absolute Gasteiger partial charge is 0.236 e. The first-order chi connectivity index (χ1) is 15.0. The normalized spacial score (nSPS) is 11.8. The molecule has 1 rings (SSSR count). The van der Waals surface area contributed by atoms with E-state index in [1.807, 2.05) is 32.9 Å². The highest BCUT2D eigenvalue weighted by atomic mass is 16.2. The molecule has 182 valence electrons. The van der Waals surface area contributed by atoms with Crippen LogP contribution < -0.4 is 0 Å². The van der Waals surface area contributed by atoms with E-state index in [1.54, 1.807) is 6.20 Å². The Morgan fingerprint density at radius 1 is 0.719 bits per heavy atom. The molecular formula is C26H46N4O2. The lowest BCUT2D eigenvalue weighted by molar-refractivity contribution is -0.137. The van der Waals surface area contributed by atoms with Crippen molar-refractivity contribution in [2.75, 3.05) is 39.3 Å². The van der Waals surface area contributed by atoms with Crippen LogP contribution >= 0.6 is 0 Å². The molecule has 6 heteroatoms. The minimum atomic E-state index is 0.0791. The van der Waals surface area contributed by atoms with Gasteiger partial charge in [-0.1, -0.05) is 61.5 Å². The lowest BCUT2D eigenvalue weighted by atomic mass is 10.1. The van der Waals surface area contributed by atoms with Gasteiger partial charge in [-0.2, -0.15) is 0 Å². The first-order valence-electron chi connectivity index (χ1n) is 12.2. The van der Waals surface area contributed by atoms with Gasteiger partial charge >= 0.3 is 0 Å². The molecule has 0 unspecified atom stereocenters. The second kappa shape index (κ2) is 14.2. The van der Waals surface area contributed by atoms with Crippen molar-refractivity contribution in [2.45, 2.75) is 61.9 Å². The number of carbonyl (C=O) groups is 2. The lowest BCUT2D eigenvalue weighted by Gasteiger charge is -2.32. The van der Waals surface area contributed by atoms with Gasteiger partial charge in [-0.3, -0.25) is 19.5 Å². The summed E-state index contributed by atoms with van der Waals surface area (Å²) >= 11 is 0. The largest absolute Gasteiger partial charge is 0.341 e. The zero-order chi connectivity index (χ0) is 24.3. The van der Waals surface area contributed by atoms with E-state index in [4.69, 9.17) is 0 Å². The number of aromatic nitrogens is 1. The van der Waals surface area contributed by atoms with Crippen molar-refractivity contribution < 1.29 is 9.59 Å². The van der Waals surface area contributed by atoms with Gasteiger partial charge in [0.1, 0.15) is 0 Å². The molecule has 1 heterocycles. The molecule has 0 fully saturated rings. The van der Waals surface area contributed by atoms with Crippen LogP contribution in [0, 0.1) is 23.7 Å². The molecule has 0 atom stereocenters. The number of hydrogen-bond acceptors (Lipinski definition) is 4. The van der Waals surface area contributed by atoms with Crippen molar-refractivity contribution in [1.29, 1.82) is 0 Å². The molecule has 1 aromatic rings. The molecule has 0 aliphatic heterocycles. The standard InChI is InChI=1S/C26H46N4O2/c1-20(2)13-29(14-21(3)4)25(31)18-28(17-24-11-9-10-12-27-24)19-26(32)30(15-22(5)6)16-23(7)8/h9-12,20-23H,13-19H2,1-8H3. The Morgan fingerprint density at radius 3 is 1.44 bits per heavy atom. The van der Waals surface area contributed by atoms with Crippen molar-refractivity contribution in [3.8, 4) is 0 Å². The number of nitrogens with zero attached hydrogens (tertiary/aromatic N) is 4. The van der Waals surface area contributed by atoms with E-state index in [9.17, 15) is 9.59 Å². The summed E-state index contributed by atoms with van der Waals surface area (Å²) in [4.78, 5) is 36.8. The van der Waals surface area contributed by atoms with Crippen molar-refractivity contribution >= 4 is 11.8 Å². The Labute approximate surface area is 196 Å². The zero-order valence-corrected chi connectivity index (χ0v) is 21.7. The van der Waals surface area contributed by atoms with Gasteiger partial charge in [0.15, 0.2) is 0 Å². The molecule has 0 saturated heterocycles. The molecular weight excluding hydrogens is 400 g/mol. The van der Waals surface area contributed by atoms with E-state index in [-0.39, 0.29) is 24.9 Å². The minimum absolute atomic E-state index is 0.0791.